The molecule has 2 aromatic carbocycles. The van der Waals surface area contributed by atoms with Gasteiger partial charge in [-0.05, 0) is 37.0 Å². The first-order chi connectivity index (χ1) is 18.4. The number of hydrogen-bond donors (Lipinski definition) is 0. The second-order valence-corrected chi connectivity index (χ2v) is 10.5. The molecule has 2 unspecified atom stereocenters. The minimum Gasteiger partial charge on any atom is -0.466 e. The number of nitrogens with zero attached hydrogens (tertiary/aromatic N) is 2. The van der Waals surface area contributed by atoms with Gasteiger partial charge < -0.3 is 19.1 Å². The van der Waals surface area contributed by atoms with Crippen LogP contribution in [0.15, 0.2) is 60.0 Å². The molecule has 0 aromatic heterocycles. The van der Waals surface area contributed by atoms with Gasteiger partial charge in [-0.3, -0.25) is 19.7 Å². The Kier molecular flexibility index (Phi) is 9.54. The second-order valence-electron chi connectivity index (χ2n) is 9.27. The van der Waals surface area contributed by atoms with Crippen molar-refractivity contribution in [2.45, 2.75) is 42.6 Å². The number of ether oxygens (including phenoxy) is 3. The zero-order chi connectivity index (χ0) is 27.1. The molecular formula is C28H32N2O7S. The van der Waals surface area contributed by atoms with Crippen LogP contribution in [-0.2, 0) is 30.2 Å². The first kappa shape index (κ1) is 27.8. The van der Waals surface area contributed by atoms with Gasteiger partial charge >= 0.3 is 5.97 Å². The monoisotopic (exact) mass is 540 g/mol. The van der Waals surface area contributed by atoms with Crippen LogP contribution in [0.5, 0.6) is 0 Å². The van der Waals surface area contributed by atoms with Crippen LogP contribution in [0.3, 0.4) is 0 Å². The van der Waals surface area contributed by atoms with E-state index in [-0.39, 0.29) is 35.2 Å². The fourth-order valence-corrected chi connectivity index (χ4v) is 5.68. The molecule has 0 N–H and O–H groups in total. The minimum absolute atomic E-state index is 0.115. The summed E-state index contributed by atoms with van der Waals surface area (Å²) in [4.78, 5) is 38.6. The molecule has 2 atom stereocenters. The summed E-state index contributed by atoms with van der Waals surface area (Å²) in [5, 5.41) is 11.9. The van der Waals surface area contributed by atoms with Crippen molar-refractivity contribution in [2.75, 3.05) is 32.9 Å². The highest BCUT2D eigenvalue weighted by molar-refractivity contribution is 8.00. The molecule has 0 bridgehead atoms. The fourth-order valence-electron chi connectivity index (χ4n) is 4.62. The third-order valence-electron chi connectivity index (χ3n) is 6.63. The molecule has 0 spiro atoms. The average Bonchev–Trinajstić information content (AvgIpc) is 2.93. The number of nitro benzene ring substituents is 1. The number of hydrogen-bond acceptors (Lipinski definition) is 8. The molecule has 2 aliphatic rings. The maximum atomic E-state index is 13.1. The maximum Gasteiger partial charge on any atom is 0.309 e. The van der Waals surface area contributed by atoms with E-state index < -0.39 is 10.4 Å². The lowest BCUT2D eigenvalue weighted by molar-refractivity contribution is -0.387. The van der Waals surface area contributed by atoms with E-state index in [1.54, 1.807) is 24.0 Å². The van der Waals surface area contributed by atoms with Crippen molar-refractivity contribution in [3.63, 3.8) is 0 Å². The van der Waals surface area contributed by atoms with Gasteiger partial charge in [0.2, 0.25) is 0 Å². The van der Waals surface area contributed by atoms with Gasteiger partial charge in [0.25, 0.3) is 11.6 Å². The van der Waals surface area contributed by atoms with Crippen molar-refractivity contribution in [1.29, 1.82) is 0 Å². The van der Waals surface area contributed by atoms with E-state index in [0.29, 0.717) is 62.6 Å². The van der Waals surface area contributed by atoms with Gasteiger partial charge in [0.05, 0.1) is 41.7 Å². The Bertz CT molecular complexity index is 1170. The number of carbonyl (C=O) groups is 2. The molecule has 4 rings (SSSR count). The van der Waals surface area contributed by atoms with Crippen LogP contribution in [0.25, 0.3) is 5.57 Å². The van der Waals surface area contributed by atoms with E-state index in [1.165, 1.54) is 17.8 Å². The topological polar surface area (TPSA) is 108 Å². The highest BCUT2D eigenvalue weighted by atomic mass is 32.2. The number of nitro groups is 1. The van der Waals surface area contributed by atoms with Gasteiger partial charge in [-0.2, -0.15) is 0 Å². The van der Waals surface area contributed by atoms with E-state index in [1.807, 2.05) is 30.3 Å². The highest BCUT2D eigenvalue weighted by Crippen LogP contribution is 2.36. The van der Waals surface area contributed by atoms with Crippen molar-refractivity contribution >= 4 is 34.9 Å². The second kappa shape index (κ2) is 13.0. The van der Waals surface area contributed by atoms with Crippen LogP contribution in [0, 0.1) is 16.0 Å². The lowest BCUT2D eigenvalue weighted by atomic mass is 9.96. The van der Waals surface area contributed by atoms with Crippen molar-refractivity contribution < 1.29 is 28.7 Å². The van der Waals surface area contributed by atoms with Crippen molar-refractivity contribution in [2.24, 2.45) is 5.92 Å². The molecule has 0 saturated carbocycles. The van der Waals surface area contributed by atoms with Crippen LogP contribution in [0.2, 0.25) is 0 Å². The van der Waals surface area contributed by atoms with Crippen molar-refractivity contribution in [3.8, 4) is 0 Å². The Balaban J connectivity index is 1.39. The summed E-state index contributed by atoms with van der Waals surface area (Å²) in [6.45, 7) is 7.61. The summed E-state index contributed by atoms with van der Waals surface area (Å²) in [5.41, 5.74) is 1.19. The van der Waals surface area contributed by atoms with E-state index in [4.69, 9.17) is 14.2 Å². The van der Waals surface area contributed by atoms with Gasteiger partial charge in [-0.1, -0.05) is 54.7 Å². The first-order valence-corrected chi connectivity index (χ1v) is 13.6. The third kappa shape index (κ3) is 7.00. The number of esters is 1. The zero-order valence-corrected chi connectivity index (χ0v) is 22.2. The summed E-state index contributed by atoms with van der Waals surface area (Å²) in [6.07, 6.45) is 1.58. The number of amides is 1. The molecule has 2 aliphatic heterocycles. The van der Waals surface area contributed by atoms with E-state index in [0.717, 1.165) is 5.56 Å². The molecule has 0 aliphatic carbocycles. The Labute approximate surface area is 226 Å². The van der Waals surface area contributed by atoms with Crippen molar-refractivity contribution in [3.05, 3.63) is 76.4 Å². The number of thioether (sulfide) groups is 1. The Morgan fingerprint density at radius 3 is 2.58 bits per heavy atom. The van der Waals surface area contributed by atoms with Gasteiger partial charge in [-0.15, -0.1) is 0 Å². The quantitative estimate of drug-likeness (QED) is 0.198. The largest absolute Gasteiger partial charge is 0.466 e. The molecule has 1 amide bonds. The SMILES string of the molecule is C=C(C(=O)N1CCC(C(=O)OCC)CC1)c1ccc(SC2COCC(Cc3ccccc3)O2)c([N+](=O)[O-])c1. The molecule has 9 nitrogen and oxygen atoms in total. The molecule has 2 saturated heterocycles. The smallest absolute Gasteiger partial charge is 0.309 e. The summed E-state index contributed by atoms with van der Waals surface area (Å²) in [5.74, 6) is -0.751. The summed E-state index contributed by atoms with van der Waals surface area (Å²) in [7, 11) is 0. The Hall–Kier alpha value is -3.21. The molecular weight excluding hydrogens is 508 g/mol. The normalized spacial score (nSPS) is 20.1. The molecule has 2 aromatic rings. The van der Waals surface area contributed by atoms with Crippen LogP contribution < -0.4 is 0 Å². The molecule has 10 heteroatoms. The molecule has 0 radical (unpaired) electrons. The highest BCUT2D eigenvalue weighted by Gasteiger charge is 2.31. The predicted molar refractivity (Wildman–Crippen MR) is 144 cm³/mol. The van der Waals surface area contributed by atoms with Crippen LogP contribution in [0.4, 0.5) is 5.69 Å². The standard InChI is InChI=1S/C28H32N2O7S/c1-3-36-28(32)21-11-13-29(14-12-21)27(31)19(2)22-9-10-25(24(16-22)30(33)34)38-26-18-35-17-23(37-26)15-20-7-5-4-6-8-20/h4-10,16,21,23,26H,2-3,11-15,17-18H2,1H3. The summed E-state index contributed by atoms with van der Waals surface area (Å²) in [6, 6.07) is 14.7. The Morgan fingerprint density at radius 2 is 1.89 bits per heavy atom. The molecule has 202 valence electrons. The van der Waals surface area contributed by atoms with Gasteiger partial charge in [0, 0.05) is 31.1 Å². The zero-order valence-electron chi connectivity index (χ0n) is 21.4. The first-order valence-electron chi connectivity index (χ1n) is 12.7. The number of piperidine rings is 1. The Morgan fingerprint density at radius 1 is 1.16 bits per heavy atom. The van der Waals surface area contributed by atoms with E-state index in [9.17, 15) is 19.7 Å². The van der Waals surface area contributed by atoms with Crippen LogP contribution in [0.1, 0.15) is 30.9 Å². The lowest BCUT2D eigenvalue weighted by Crippen LogP contribution is -2.40. The average molecular weight is 541 g/mol. The third-order valence-corrected chi connectivity index (χ3v) is 7.74. The molecule has 2 heterocycles. The number of benzene rings is 2. The van der Waals surface area contributed by atoms with Gasteiger partial charge in [-0.25, -0.2) is 0 Å². The number of likely N-dealkylation sites (tertiary alicyclic amines) is 1. The number of carbonyl (C=O) groups excluding carboxylic acids is 2. The minimum atomic E-state index is -0.459. The molecule has 38 heavy (non-hydrogen) atoms. The maximum absolute atomic E-state index is 13.1. The van der Waals surface area contributed by atoms with Crippen LogP contribution in [-0.4, -0.2) is 66.1 Å². The summed E-state index contributed by atoms with van der Waals surface area (Å²) < 4.78 is 17.0. The summed E-state index contributed by atoms with van der Waals surface area (Å²) >= 11 is 1.24. The number of rotatable bonds is 9. The fraction of sp³-hybridized carbons (Fsp3) is 0.429. The van der Waals surface area contributed by atoms with E-state index >= 15 is 0 Å². The molecule has 2 fully saturated rings. The lowest BCUT2D eigenvalue weighted by Gasteiger charge is -2.31. The van der Waals surface area contributed by atoms with Gasteiger partial charge in [0.15, 0.2) is 0 Å². The van der Waals surface area contributed by atoms with E-state index in [2.05, 4.69) is 6.58 Å². The van der Waals surface area contributed by atoms with Crippen LogP contribution >= 0.6 is 11.8 Å². The van der Waals surface area contributed by atoms with Gasteiger partial charge in [0.1, 0.15) is 5.44 Å². The van der Waals surface area contributed by atoms with Crippen molar-refractivity contribution in [1.82, 2.24) is 4.90 Å². The predicted octanol–water partition coefficient (Wildman–Crippen LogP) is 4.49.